The van der Waals surface area contributed by atoms with Gasteiger partial charge in [0.1, 0.15) is 0 Å². The molecule has 0 aliphatic heterocycles. The van der Waals surface area contributed by atoms with Crippen molar-refractivity contribution < 1.29 is 0 Å². The first-order chi connectivity index (χ1) is 4.95. The number of hydrogen-bond acceptors (Lipinski definition) is 0. The molecule has 0 amide bonds. The normalized spacial score (nSPS) is 14.1. The van der Waals surface area contributed by atoms with Gasteiger partial charge in [-0.25, -0.2) is 0 Å². The first-order valence-electron chi connectivity index (χ1n) is 4.23. The lowest BCUT2D eigenvalue weighted by Gasteiger charge is -2.22. The summed E-state index contributed by atoms with van der Waals surface area (Å²) in [5.41, 5.74) is 0.432. The minimum Gasteiger partial charge on any atom is -0.120 e. The second-order valence-electron chi connectivity index (χ2n) is 4.48. The Hall–Kier alpha value is -0.440. The lowest BCUT2D eigenvalue weighted by Crippen LogP contribution is -2.10. The summed E-state index contributed by atoms with van der Waals surface area (Å²) in [5.74, 6) is 3.27. The Labute approximate surface area is 71.4 Å². The second-order valence-corrected chi connectivity index (χ2v) is 4.48. The molecule has 0 aromatic rings. The maximum absolute atomic E-state index is 5.14. The lowest BCUT2D eigenvalue weighted by molar-refractivity contribution is 0.306. The van der Waals surface area contributed by atoms with Gasteiger partial charge in [0.25, 0.3) is 0 Å². The van der Waals surface area contributed by atoms with E-state index >= 15 is 0 Å². The molecule has 11 heavy (non-hydrogen) atoms. The highest BCUT2D eigenvalue weighted by Crippen LogP contribution is 2.26. The van der Waals surface area contributed by atoms with E-state index in [0.29, 0.717) is 11.3 Å². The van der Waals surface area contributed by atoms with Crippen molar-refractivity contribution in [2.75, 3.05) is 0 Å². The average molecular weight is 151 g/mol. The van der Waals surface area contributed by atoms with Crippen LogP contribution in [-0.4, -0.2) is 0 Å². The van der Waals surface area contributed by atoms with Crippen LogP contribution in [0.1, 0.15) is 40.5 Å². The third kappa shape index (κ3) is 7.46. The molecular weight excluding hydrogens is 132 g/mol. The van der Waals surface area contributed by atoms with Crippen LogP contribution in [0, 0.1) is 30.1 Å². The summed E-state index contributed by atoms with van der Waals surface area (Å²) in [4.78, 5) is 0. The van der Waals surface area contributed by atoms with Gasteiger partial charge >= 0.3 is 0 Å². The summed E-state index contributed by atoms with van der Waals surface area (Å²) >= 11 is 0. The van der Waals surface area contributed by atoms with Crippen LogP contribution in [0.15, 0.2) is 0 Å². The molecule has 0 heterocycles. The molecule has 0 fully saturated rings. The van der Waals surface area contributed by atoms with E-state index in [9.17, 15) is 0 Å². The lowest BCUT2D eigenvalue weighted by atomic mass is 9.84. The van der Waals surface area contributed by atoms with Gasteiger partial charge in [-0.15, -0.1) is 12.3 Å². The van der Waals surface area contributed by atoms with Gasteiger partial charge in [0.2, 0.25) is 0 Å². The highest BCUT2D eigenvalue weighted by molar-refractivity contribution is 5.01. The number of hydrogen-bond donors (Lipinski definition) is 0. The van der Waals surface area contributed by atoms with Gasteiger partial charge in [0.15, 0.2) is 0 Å². The molecule has 0 aliphatic carbocycles. The Kier molecular flexibility index (Phi) is 4.26. The molecule has 63 valence electrons. The van der Waals surface area contributed by atoms with E-state index in [1.165, 1.54) is 6.42 Å². The molecule has 0 nitrogen and oxygen atoms in total. The van der Waals surface area contributed by atoms with Crippen molar-refractivity contribution in [3.63, 3.8) is 0 Å². The van der Waals surface area contributed by atoms with Crippen molar-refractivity contribution in [2.24, 2.45) is 11.3 Å². The molecule has 0 aromatic heterocycles. The summed E-state index contributed by atoms with van der Waals surface area (Å²) in [6.45, 7) is 9.04. The standard InChI is InChI=1S/C11H19/c1-6-7-8-10(2)9-11(3,4)5/h1,7,10H,8-9H2,2-5H3. The maximum atomic E-state index is 5.14. The van der Waals surface area contributed by atoms with E-state index in [1.807, 2.05) is 6.42 Å². The van der Waals surface area contributed by atoms with Crippen molar-refractivity contribution in [3.05, 3.63) is 6.42 Å². The van der Waals surface area contributed by atoms with E-state index in [2.05, 4.69) is 33.6 Å². The van der Waals surface area contributed by atoms with Gasteiger partial charge in [-0.3, -0.25) is 0 Å². The van der Waals surface area contributed by atoms with Crippen molar-refractivity contribution in [2.45, 2.75) is 40.5 Å². The van der Waals surface area contributed by atoms with Crippen LogP contribution in [0.5, 0.6) is 0 Å². The molecule has 1 radical (unpaired) electrons. The maximum Gasteiger partial charge on any atom is 0.0340 e. The smallest absolute Gasteiger partial charge is 0.0340 e. The highest BCUT2D eigenvalue weighted by atomic mass is 14.2. The van der Waals surface area contributed by atoms with Crippen LogP contribution >= 0.6 is 0 Å². The first kappa shape index (κ1) is 10.6. The zero-order chi connectivity index (χ0) is 8.91. The van der Waals surface area contributed by atoms with Crippen LogP contribution in [0.2, 0.25) is 0 Å². The molecule has 0 saturated heterocycles. The molecule has 0 heteroatoms. The Morgan fingerprint density at radius 3 is 2.36 bits per heavy atom. The summed E-state index contributed by atoms with van der Waals surface area (Å²) in [6, 6.07) is 0. The number of rotatable bonds is 3. The zero-order valence-corrected chi connectivity index (χ0v) is 8.15. The quantitative estimate of drug-likeness (QED) is 0.543. The fraction of sp³-hybridized carbons (Fsp3) is 0.727. The second kappa shape index (κ2) is 4.44. The fourth-order valence-electron chi connectivity index (χ4n) is 1.40. The largest absolute Gasteiger partial charge is 0.120 e. The highest BCUT2D eigenvalue weighted by Gasteiger charge is 2.14. The van der Waals surface area contributed by atoms with E-state index in [0.717, 1.165) is 6.42 Å². The molecule has 0 saturated carbocycles. The molecule has 0 aromatic carbocycles. The Bertz CT molecular complexity index is 131. The Balaban J connectivity index is 3.54. The predicted molar refractivity (Wildman–Crippen MR) is 51.0 cm³/mol. The minimum absolute atomic E-state index is 0.432. The fourth-order valence-corrected chi connectivity index (χ4v) is 1.40. The summed E-state index contributed by atoms with van der Waals surface area (Å²) in [6.07, 6.45) is 9.34. The molecule has 1 unspecified atom stereocenters. The van der Waals surface area contributed by atoms with Gasteiger partial charge in [0, 0.05) is 6.42 Å². The van der Waals surface area contributed by atoms with Crippen LogP contribution < -0.4 is 0 Å². The van der Waals surface area contributed by atoms with Gasteiger partial charge in [-0.1, -0.05) is 27.7 Å². The number of terminal acetylenes is 1. The molecule has 0 rings (SSSR count). The predicted octanol–water partition coefficient (Wildman–Crippen LogP) is 3.29. The molecule has 1 atom stereocenters. The summed E-state index contributed by atoms with van der Waals surface area (Å²) < 4.78 is 0. The monoisotopic (exact) mass is 151 g/mol. The molecular formula is C11H19. The minimum atomic E-state index is 0.432. The van der Waals surface area contributed by atoms with Crippen molar-refractivity contribution in [1.82, 2.24) is 0 Å². The average Bonchev–Trinajstić information content (AvgIpc) is 1.79. The Morgan fingerprint density at radius 1 is 1.45 bits per heavy atom. The van der Waals surface area contributed by atoms with E-state index < -0.39 is 0 Å². The van der Waals surface area contributed by atoms with E-state index in [4.69, 9.17) is 6.42 Å². The third-order valence-corrected chi connectivity index (χ3v) is 1.60. The SMILES string of the molecule is C#C[CH]CC(C)CC(C)(C)C. The first-order valence-corrected chi connectivity index (χ1v) is 4.23. The van der Waals surface area contributed by atoms with Gasteiger partial charge in [0.05, 0.1) is 0 Å². The molecule has 0 spiro atoms. The van der Waals surface area contributed by atoms with E-state index in [1.54, 1.807) is 0 Å². The van der Waals surface area contributed by atoms with Crippen LogP contribution in [0.4, 0.5) is 0 Å². The van der Waals surface area contributed by atoms with Crippen molar-refractivity contribution >= 4 is 0 Å². The van der Waals surface area contributed by atoms with Gasteiger partial charge in [-0.2, -0.15) is 0 Å². The zero-order valence-electron chi connectivity index (χ0n) is 8.15. The van der Waals surface area contributed by atoms with Crippen molar-refractivity contribution in [1.29, 1.82) is 0 Å². The Morgan fingerprint density at radius 2 is 2.00 bits per heavy atom. The van der Waals surface area contributed by atoms with Crippen molar-refractivity contribution in [3.8, 4) is 12.3 Å². The van der Waals surface area contributed by atoms with Crippen LogP contribution in [0.25, 0.3) is 0 Å². The van der Waals surface area contributed by atoms with Crippen LogP contribution in [-0.2, 0) is 0 Å². The molecule has 0 N–H and O–H groups in total. The topological polar surface area (TPSA) is 0 Å². The summed E-state index contributed by atoms with van der Waals surface area (Å²) in [5, 5.41) is 0. The van der Waals surface area contributed by atoms with Crippen LogP contribution in [0.3, 0.4) is 0 Å². The van der Waals surface area contributed by atoms with Gasteiger partial charge < -0.3 is 0 Å². The molecule has 0 bridgehead atoms. The van der Waals surface area contributed by atoms with E-state index in [-0.39, 0.29) is 0 Å². The summed E-state index contributed by atoms with van der Waals surface area (Å²) in [7, 11) is 0. The molecule has 0 aliphatic rings. The van der Waals surface area contributed by atoms with Gasteiger partial charge in [-0.05, 0) is 24.2 Å². The third-order valence-electron chi connectivity index (χ3n) is 1.60.